The third-order valence-electron chi connectivity index (χ3n) is 2.97. The highest BCUT2D eigenvalue weighted by Crippen LogP contribution is 2.36. The minimum absolute atomic E-state index is 0.0669. The summed E-state index contributed by atoms with van der Waals surface area (Å²) >= 11 is 5.81. The van der Waals surface area contributed by atoms with E-state index in [1.54, 1.807) is 0 Å². The zero-order valence-corrected chi connectivity index (χ0v) is 13.1. The van der Waals surface area contributed by atoms with Gasteiger partial charge in [-0.05, 0) is 49.4 Å². The zero-order chi connectivity index (χ0) is 17.9. The minimum atomic E-state index is -4.48. The molecule has 8 heteroatoms. The van der Waals surface area contributed by atoms with Crippen LogP contribution in [0.15, 0.2) is 42.5 Å². The fraction of sp³-hybridized carbons (Fsp3) is 0.188. The summed E-state index contributed by atoms with van der Waals surface area (Å²) in [5.74, 6) is -0.410. The van der Waals surface area contributed by atoms with Crippen LogP contribution < -0.4 is 9.47 Å². The first-order valence-electron chi connectivity index (χ1n) is 6.71. The Bertz CT molecular complexity index is 729. The van der Waals surface area contributed by atoms with Gasteiger partial charge in [0.25, 0.3) is 0 Å². The number of alkyl halides is 3. The monoisotopic (exact) mass is 360 g/mol. The quantitative estimate of drug-likeness (QED) is 0.815. The van der Waals surface area contributed by atoms with E-state index < -0.39 is 23.8 Å². The standard InChI is InChI=1S/C16H12ClF3O4/c1-9(15(21)22)23-11-3-5-12(6-4-11)24-14-7-2-10(8-13(14)17)16(18,19)20/h2-9H,1H3,(H,21,22). The van der Waals surface area contributed by atoms with E-state index in [9.17, 15) is 18.0 Å². The lowest BCUT2D eigenvalue weighted by molar-refractivity contribution is -0.144. The van der Waals surface area contributed by atoms with Crippen molar-refractivity contribution in [2.45, 2.75) is 19.2 Å². The number of hydrogen-bond donors (Lipinski definition) is 1. The van der Waals surface area contributed by atoms with Gasteiger partial charge in [0, 0.05) is 0 Å². The van der Waals surface area contributed by atoms with Crippen molar-refractivity contribution in [2.24, 2.45) is 0 Å². The van der Waals surface area contributed by atoms with Gasteiger partial charge < -0.3 is 14.6 Å². The normalized spacial score (nSPS) is 12.5. The van der Waals surface area contributed by atoms with E-state index in [0.29, 0.717) is 11.5 Å². The highest BCUT2D eigenvalue weighted by molar-refractivity contribution is 6.32. The molecule has 0 radical (unpaired) electrons. The van der Waals surface area contributed by atoms with Gasteiger partial charge in [-0.1, -0.05) is 11.6 Å². The van der Waals surface area contributed by atoms with Crippen molar-refractivity contribution in [1.82, 2.24) is 0 Å². The van der Waals surface area contributed by atoms with Gasteiger partial charge in [0.15, 0.2) is 6.10 Å². The summed E-state index contributed by atoms with van der Waals surface area (Å²) in [4.78, 5) is 10.7. The number of benzene rings is 2. The van der Waals surface area contributed by atoms with Gasteiger partial charge in [0.05, 0.1) is 10.6 Å². The van der Waals surface area contributed by atoms with Crippen molar-refractivity contribution in [3.63, 3.8) is 0 Å². The van der Waals surface area contributed by atoms with Crippen LogP contribution in [0.1, 0.15) is 12.5 Å². The Labute approximate surface area is 140 Å². The highest BCUT2D eigenvalue weighted by Gasteiger charge is 2.31. The van der Waals surface area contributed by atoms with E-state index in [2.05, 4.69) is 0 Å². The summed E-state index contributed by atoms with van der Waals surface area (Å²) in [6.07, 6.45) is -5.50. The number of halogens is 4. The Morgan fingerprint density at radius 1 is 1.12 bits per heavy atom. The highest BCUT2D eigenvalue weighted by atomic mass is 35.5. The van der Waals surface area contributed by atoms with E-state index in [-0.39, 0.29) is 10.8 Å². The van der Waals surface area contributed by atoms with Gasteiger partial charge >= 0.3 is 12.1 Å². The molecule has 2 aromatic carbocycles. The largest absolute Gasteiger partial charge is 0.479 e. The van der Waals surface area contributed by atoms with Crippen molar-refractivity contribution < 1.29 is 32.5 Å². The molecule has 1 unspecified atom stereocenters. The lowest BCUT2D eigenvalue weighted by Gasteiger charge is -2.12. The van der Waals surface area contributed by atoms with E-state index in [4.69, 9.17) is 26.2 Å². The van der Waals surface area contributed by atoms with Crippen molar-refractivity contribution >= 4 is 17.6 Å². The second kappa shape index (κ2) is 7.00. The Balaban J connectivity index is 2.10. The fourth-order valence-electron chi connectivity index (χ4n) is 1.73. The lowest BCUT2D eigenvalue weighted by Crippen LogP contribution is -2.22. The molecule has 0 aliphatic heterocycles. The molecule has 0 aromatic heterocycles. The van der Waals surface area contributed by atoms with Crippen molar-refractivity contribution in [3.05, 3.63) is 53.1 Å². The third kappa shape index (κ3) is 4.55. The summed E-state index contributed by atoms with van der Waals surface area (Å²) in [6.45, 7) is 1.38. The molecule has 0 bridgehead atoms. The van der Waals surface area contributed by atoms with Gasteiger partial charge in [-0.25, -0.2) is 4.79 Å². The van der Waals surface area contributed by atoms with Crippen LogP contribution in [0.25, 0.3) is 0 Å². The number of aliphatic carboxylic acids is 1. The second-order valence-electron chi connectivity index (χ2n) is 4.81. The summed E-state index contributed by atoms with van der Waals surface area (Å²) in [6, 6.07) is 8.70. The maximum atomic E-state index is 12.6. The van der Waals surface area contributed by atoms with Gasteiger partial charge in [0.2, 0.25) is 0 Å². The number of ether oxygens (including phenoxy) is 2. The molecule has 1 atom stereocenters. The van der Waals surface area contributed by atoms with Crippen LogP contribution in [0, 0.1) is 0 Å². The first-order valence-corrected chi connectivity index (χ1v) is 7.09. The SMILES string of the molecule is CC(Oc1ccc(Oc2ccc(C(F)(F)F)cc2Cl)cc1)C(=O)O. The smallest absolute Gasteiger partial charge is 0.416 e. The molecule has 1 N–H and O–H groups in total. The topological polar surface area (TPSA) is 55.8 Å². The van der Waals surface area contributed by atoms with Crippen LogP contribution in [0.2, 0.25) is 5.02 Å². The fourth-order valence-corrected chi connectivity index (χ4v) is 1.95. The molecule has 0 heterocycles. The number of hydrogen-bond acceptors (Lipinski definition) is 3. The van der Waals surface area contributed by atoms with E-state index in [1.807, 2.05) is 0 Å². The molecule has 0 amide bonds. The molecule has 2 rings (SSSR count). The molecule has 24 heavy (non-hydrogen) atoms. The predicted octanol–water partition coefficient (Wildman–Crippen LogP) is 5.00. The molecule has 0 spiro atoms. The van der Waals surface area contributed by atoms with Crippen LogP contribution in [-0.2, 0) is 11.0 Å². The molecule has 0 saturated carbocycles. The molecule has 4 nitrogen and oxygen atoms in total. The zero-order valence-electron chi connectivity index (χ0n) is 12.3. The van der Waals surface area contributed by atoms with Gasteiger partial charge in [-0.3, -0.25) is 0 Å². The van der Waals surface area contributed by atoms with Crippen LogP contribution in [-0.4, -0.2) is 17.2 Å². The third-order valence-corrected chi connectivity index (χ3v) is 3.27. The van der Waals surface area contributed by atoms with Crippen molar-refractivity contribution in [1.29, 1.82) is 0 Å². The van der Waals surface area contributed by atoms with Gasteiger partial charge in [-0.15, -0.1) is 0 Å². The molecular formula is C16H12ClF3O4. The van der Waals surface area contributed by atoms with Gasteiger partial charge in [0.1, 0.15) is 17.2 Å². The van der Waals surface area contributed by atoms with Crippen LogP contribution in [0.5, 0.6) is 17.2 Å². The van der Waals surface area contributed by atoms with E-state index >= 15 is 0 Å². The molecule has 0 aliphatic rings. The second-order valence-corrected chi connectivity index (χ2v) is 5.22. The van der Waals surface area contributed by atoms with Crippen molar-refractivity contribution in [3.8, 4) is 17.2 Å². The average molecular weight is 361 g/mol. The number of carbonyl (C=O) groups is 1. The first-order chi connectivity index (χ1) is 11.2. The Hall–Kier alpha value is -2.41. The molecule has 0 fully saturated rings. The summed E-state index contributed by atoms with van der Waals surface area (Å²) in [5.41, 5.74) is -0.869. The maximum Gasteiger partial charge on any atom is 0.416 e. The Morgan fingerprint density at radius 3 is 2.21 bits per heavy atom. The Morgan fingerprint density at radius 2 is 1.71 bits per heavy atom. The molecule has 2 aromatic rings. The molecule has 0 aliphatic carbocycles. The van der Waals surface area contributed by atoms with Gasteiger partial charge in [-0.2, -0.15) is 13.2 Å². The number of carboxylic acid groups (broad SMARTS) is 1. The number of carboxylic acids is 1. The van der Waals surface area contributed by atoms with Crippen LogP contribution >= 0.6 is 11.6 Å². The minimum Gasteiger partial charge on any atom is -0.479 e. The average Bonchev–Trinajstić information content (AvgIpc) is 2.50. The number of rotatable bonds is 5. The van der Waals surface area contributed by atoms with Crippen LogP contribution in [0.4, 0.5) is 13.2 Å². The maximum absolute atomic E-state index is 12.6. The summed E-state index contributed by atoms with van der Waals surface area (Å²) in [5, 5.41) is 8.58. The van der Waals surface area contributed by atoms with Crippen LogP contribution in [0.3, 0.4) is 0 Å². The molecular weight excluding hydrogens is 349 g/mol. The predicted molar refractivity (Wildman–Crippen MR) is 80.7 cm³/mol. The first kappa shape index (κ1) is 17.9. The summed E-state index contributed by atoms with van der Waals surface area (Å²) in [7, 11) is 0. The van der Waals surface area contributed by atoms with E-state index in [1.165, 1.54) is 31.2 Å². The Kier molecular flexibility index (Phi) is 5.23. The van der Waals surface area contributed by atoms with E-state index in [0.717, 1.165) is 18.2 Å². The molecule has 0 saturated heterocycles. The summed E-state index contributed by atoms with van der Waals surface area (Å²) < 4.78 is 48.3. The van der Waals surface area contributed by atoms with Crippen molar-refractivity contribution in [2.75, 3.05) is 0 Å². The lowest BCUT2D eigenvalue weighted by atomic mass is 10.2. The molecule has 128 valence electrons.